The van der Waals surface area contributed by atoms with Crippen molar-refractivity contribution in [3.63, 3.8) is 0 Å². The smallest absolute Gasteiger partial charge is 0.306 e. The quantitative estimate of drug-likeness (QED) is 0.529. The van der Waals surface area contributed by atoms with Crippen LogP contribution in [-0.2, 0) is 9.59 Å². The number of carbonyl (C=O) groups is 2. The van der Waals surface area contributed by atoms with E-state index in [2.05, 4.69) is 0 Å². The highest BCUT2D eigenvalue weighted by Gasteiger charge is 2.16. The molecule has 4 heteroatoms. The Labute approximate surface area is 121 Å². The Morgan fingerprint density at radius 3 is 1.45 bits per heavy atom. The third kappa shape index (κ3) is 8.73. The maximum absolute atomic E-state index is 11.1. The first-order valence-corrected chi connectivity index (χ1v) is 7.63. The Kier molecular flexibility index (Phi) is 10.7. The number of rotatable bonds is 12. The molecule has 0 aromatic rings. The molecule has 0 aliphatic heterocycles. The Balaban J connectivity index is 4.18. The van der Waals surface area contributed by atoms with Crippen LogP contribution in [0.3, 0.4) is 0 Å². The van der Waals surface area contributed by atoms with Gasteiger partial charge in [-0.15, -0.1) is 0 Å². The van der Waals surface area contributed by atoms with E-state index in [1.54, 1.807) is 0 Å². The summed E-state index contributed by atoms with van der Waals surface area (Å²) in [5.74, 6) is -2.21. The van der Waals surface area contributed by atoms with E-state index in [0.717, 1.165) is 25.7 Å². The van der Waals surface area contributed by atoms with Gasteiger partial charge < -0.3 is 10.2 Å². The van der Waals surface area contributed by atoms with Gasteiger partial charge in [0.2, 0.25) is 0 Å². The second kappa shape index (κ2) is 11.5. The Morgan fingerprint density at radius 1 is 0.850 bits per heavy atom. The lowest BCUT2D eigenvalue weighted by Crippen LogP contribution is -2.13. The second-order valence-electron chi connectivity index (χ2n) is 5.30. The molecule has 2 N–H and O–H groups in total. The molecule has 20 heavy (non-hydrogen) atoms. The van der Waals surface area contributed by atoms with Gasteiger partial charge >= 0.3 is 11.9 Å². The van der Waals surface area contributed by atoms with Gasteiger partial charge in [0.05, 0.1) is 11.8 Å². The van der Waals surface area contributed by atoms with Crippen molar-refractivity contribution in [1.29, 1.82) is 0 Å². The Hall–Kier alpha value is -1.32. The SMILES string of the molecule is CCCCC(CC=CCC(CCCC)C(=O)O)C(=O)O. The van der Waals surface area contributed by atoms with Crippen molar-refractivity contribution in [3.05, 3.63) is 12.2 Å². The molecule has 0 saturated carbocycles. The van der Waals surface area contributed by atoms with E-state index in [1.165, 1.54) is 0 Å². The van der Waals surface area contributed by atoms with E-state index < -0.39 is 11.9 Å². The fraction of sp³-hybridized carbons (Fsp3) is 0.750. The summed E-state index contributed by atoms with van der Waals surface area (Å²) in [7, 11) is 0. The van der Waals surface area contributed by atoms with E-state index >= 15 is 0 Å². The number of hydrogen-bond acceptors (Lipinski definition) is 2. The standard InChI is InChI=1S/C16H28O4/c1-3-5-9-13(15(17)18)11-7-8-12-14(16(19)20)10-6-4-2/h7-8,13-14H,3-6,9-12H2,1-2H3,(H,17,18)(H,19,20). The molecule has 0 aliphatic rings. The number of unbranched alkanes of at least 4 members (excludes halogenated alkanes) is 2. The number of hydrogen-bond donors (Lipinski definition) is 2. The topological polar surface area (TPSA) is 74.6 Å². The molecule has 0 rings (SSSR count). The minimum atomic E-state index is -0.760. The average Bonchev–Trinajstić information content (AvgIpc) is 2.40. The van der Waals surface area contributed by atoms with Crippen molar-refractivity contribution < 1.29 is 19.8 Å². The molecule has 0 fully saturated rings. The molecule has 0 aromatic heterocycles. The number of carboxylic acids is 2. The van der Waals surface area contributed by atoms with Crippen LogP contribution in [0.15, 0.2) is 12.2 Å². The summed E-state index contributed by atoms with van der Waals surface area (Å²) in [6, 6.07) is 0. The largest absolute Gasteiger partial charge is 0.481 e. The maximum atomic E-state index is 11.1. The van der Waals surface area contributed by atoms with Crippen LogP contribution in [0.25, 0.3) is 0 Å². The van der Waals surface area contributed by atoms with E-state index in [-0.39, 0.29) is 11.8 Å². The molecule has 0 radical (unpaired) electrons. The summed E-state index contributed by atoms with van der Waals surface area (Å²) in [4.78, 5) is 22.1. The van der Waals surface area contributed by atoms with Gasteiger partial charge in [0.1, 0.15) is 0 Å². The molecule has 0 heterocycles. The van der Waals surface area contributed by atoms with Gasteiger partial charge in [-0.05, 0) is 25.7 Å². The van der Waals surface area contributed by atoms with Crippen molar-refractivity contribution in [2.24, 2.45) is 11.8 Å². The molecule has 0 aliphatic carbocycles. The Morgan fingerprint density at radius 2 is 1.20 bits per heavy atom. The summed E-state index contributed by atoms with van der Waals surface area (Å²) in [5, 5.41) is 18.2. The van der Waals surface area contributed by atoms with Crippen LogP contribution in [0.1, 0.15) is 65.2 Å². The van der Waals surface area contributed by atoms with Gasteiger partial charge in [0, 0.05) is 0 Å². The zero-order chi connectivity index (χ0) is 15.4. The fourth-order valence-corrected chi connectivity index (χ4v) is 2.11. The summed E-state index contributed by atoms with van der Waals surface area (Å²) < 4.78 is 0. The molecule has 0 spiro atoms. The molecule has 2 atom stereocenters. The molecule has 0 bridgehead atoms. The van der Waals surface area contributed by atoms with Gasteiger partial charge in [0.25, 0.3) is 0 Å². The third-order valence-corrected chi connectivity index (χ3v) is 3.52. The van der Waals surface area contributed by atoms with Crippen molar-refractivity contribution in [1.82, 2.24) is 0 Å². The normalized spacial score (nSPS) is 14.3. The van der Waals surface area contributed by atoms with Crippen LogP contribution in [0, 0.1) is 11.8 Å². The van der Waals surface area contributed by atoms with Crippen LogP contribution in [0.2, 0.25) is 0 Å². The lowest BCUT2D eigenvalue weighted by Gasteiger charge is -2.10. The summed E-state index contributed by atoms with van der Waals surface area (Å²) in [5.41, 5.74) is 0. The zero-order valence-electron chi connectivity index (χ0n) is 12.7. The predicted molar refractivity (Wildman–Crippen MR) is 79.7 cm³/mol. The molecule has 0 saturated heterocycles. The highest BCUT2D eigenvalue weighted by Crippen LogP contribution is 2.17. The molecule has 2 unspecified atom stereocenters. The predicted octanol–water partition coefficient (Wildman–Crippen LogP) is 4.10. The monoisotopic (exact) mass is 284 g/mol. The summed E-state index contributed by atoms with van der Waals surface area (Å²) in [6.07, 6.45) is 9.84. The number of allylic oxidation sites excluding steroid dienone is 2. The Bertz CT molecular complexity index is 280. The van der Waals surface area contributed by atoms with Crippen molar-refractivity contribution in [3.8, 4) is 0 Å². The summed E-state index contributed by atoms with van der Waals surface area (Å²) in [6.45, 7) is 4.08. The van der Waals surface area contributed by atoms with E-state index in [0.29, 0.717) is 25.7 Å². The maximum Gasteiger partial charge on any atom is 0.306 e. The van der Waals surface area contributed by atoms with Crippen LogP contribution < -0.4 is 0 Å². The lowest BCUT2D eigenvalue weighted by atomic mass is 9.96. The van der Waals surface area contributed by atoms with Gasteiger partial charge in [-0.2, -0.15) is 0 Å². The number of carboxylic acid groups (broad SMARTS) is 2. The first-order chi connectivity index (χ1) is 9.52. The van der Waals surface area contributed by atoms with E-state index in [4.69, 9.17) is 10.2 Å². The average molecular weight is 284 g/mol. The molecular weight excluding hydrogens is 256 g/mol. The van der Waals surface area contributed by atoms with Crippen LogP contribution in [0.4, 0.5) is 0 Å². The molecule has 0 amide bonds. The van der Waals surface area contributed by atoms with Gasteiger partial charge in [-0.25, -0.2) is 0 Å². The zero-order valence-corrected chi connectivity index (χ0v) is 12.7. The van der Waals surface area contributed by atoms with Crippen LogP contribution in [-0.4, -0.2) is 22.2 Å². The second-order valence-corrected chi connectivity index (χ2v) is 5.30. The third-order valence-electron chi connectivity index (χ3n) is 3.52. The van der Waals surface area contributed by atoms with E-state index in [1.807, 2.05) is 26.0 Å². The number of aliphatic carboxylic acids is 2. The molecule has 4 nitrogen and oxygen atoms in total. The minimum absolute atomic E-state index is 0.342. The fourth-order valence-electron chi connectivity index (χ4n) is 2.11. The first-order valence-electron chi connectivity index (χ1n) is 7.63. The summed E-state index contributed by atoms with van der Waals surface area (Å²) >= 11 is 0. The van der Waals surface area contributed by atoms with Crippen LogP contribution >= 0.6 is 0 Å². The highest BCUT2D eigenvalue weighted by molar-refractivity contribution is 5.70. The van der Waals surface area contributed by atoms with E-state index in [9.17, 15) is 9.59 Å². The molecular formula is C16H28O4. The lowest BCUT2D eigenvalue weighted by molar-refractivity contribution is -0.143. The van der Waals surface area contributed by atoms with Crippen molar-refractivity contribution >= 4 is 11.9 Å². The van der Waals surface area contributed by atoms with Crippen molar-refractivity contribution in [2.75, 3.05) is 0 Å². The van der Waals surface area contributed by atoms with Gasteiger partial charge in [-0.1, -0.05) is 51.7 Å². The van der Waals surface area contributed by atoms with Crippen molar-refractivity contribution in [2.45, 2.75) is 65.2 Å². The molecule has 116 valence electrons. The first kappa shape index (κ1) is 18.7. The van der Waals surface area contributed by atoms with Gasteiger partial charge in [-0.3, -0.25) is 9.59 Å². The minimum Gasteiger partial charge on any atom is -0.481 e. The highest BCUT2D eigenvalue weighted by atomic mass is 16.4. The van der Waals surface area contributed by atoms with Gasteiger partial charge in [0.15, 0.2) is 0 Å². The molecule has 0 aromatic carbocycles. The van der Waals surface area contributed by atoms with Crippen LogP contribution in [0.5, 0.6) is 0 Å².